The molecule has 1 aliphatic heterocycles. The normalized spacial score (nSPS) is 23.3. The van der Waals surface area contributed by atoms with Gasteiger partial charge in [-0.25, -0.2) is 15.0 Å². The van der Waals surface area contributed by atoms with Gasteiger partial charge in [0.15, 0.2) is 5.82 Å². The van der Waals surface area contributed by atoms with Crippen LogP contribution in [0.4, 0.5) is 36.4 Å². The minimum atomic E-state index is -4.51. The smallest absolute Gasteiger partial charge is 0.367 e. The zero-order valence-corrected chi connectivity index (χ0v) is 16.6. The second kappa shape index (κ2) is 7.26. The van der Waals surface area contributed by atoms with Crippen LogP contribution >= 0.6 is 0 Å². The molecule has 30 heavy (non-hydrogen) atoms. The van der Waals surface area contributed by atoms with Crippen molar-refractivity contribution in [3.8, 4) is 0 Å². The monoisotopic (exact) mass is 422 g/mol. The number of halogens is 3. The maximum atomic E-state index is 12.8. The Morgan fingerprint density at radius 1 is 1.17 bits per heavy atom. The Balaban J connectivity index is 1.38. The van der Waals surface area contributed by atoms with Crippen molar-refractivity contribution in [2.75, 3.05) is 27.9 Å². The molecular weight excluding hydrogens is 401 g/mol. The molecule has 0 saturated heterocycles. The molecular formula is C18H21F3N8O. The van der Waals surface area contributed by atoms with Crippen LogP contribution in [0.2, 0.25) is 0 Å². The molecule has 1 amide bonds. The Kier molecular flexibility index (Phi) is 4.86. The van der Waals surface area contributed by atoms with Gasteiger partial charge in [-0.1, -0.05) is 0 Å². The third-order valence-electron chi connectivity index (χ3n) is 5.39. The summed E-state index contributed by atoms with van der Waals surface area (Å²) in [6, 6.07) is 0.623. The lowest BCUT2D eigenvalue weighted by Crippen LogP contribution is -2.46. The topological polar surface area (TPSA) is 108 Å². The Labute approximate surface area is 170 Å². The summed E-state index contributed by atoms with van der Waals surface area (Å²) in [6.45, 7) is 3.59. The van der Waals surface area contributed by atoms with Gasteiger partial charge >= 0.3 is 6.18 Å². The zero-order valence-electron chi connectivity index (χ0n) is 16.6. The van der Waals surface area contributed by atoms with Gasteiger partial charge in [0.2, 0.25) is 11.9 Å². The molecule has 4 rings (SSSR count). The summed E-state index contributed by atoms with van der Waals surface area (Å²) in [5.41, 5.74) is 0.283. The molecule has 160 valence electrons. The standard InChI is InChI=1S/C18H21F3N8O/c1-8-14-15(29(3)9(2)16(30)27-14)28-17(24-8)26-11-4-10(5-11)25-13-6-12(18(19,20)21)22-7-23-13/h6-7,9-11H,4-5H2,1-3H3,(H,27,30)(H,22,23,25)(H,24,26,28)/t9-,10-,11+/m0/s1. The molecule has 3 heterocycles. The SMILES string of the molecule is Cc1nc(N[C@H]2C[C@@H](Nc3cc(C(F)(F)F)ncn3)C2)nc2c1NC(=O)[C@H](C)N2C. The zero-order chi connectivity index (χ0) is 21.6. The first kappa shape index (κ1) is 20.1. The van der Waals surface area contributed by atoms with E-state index >= 15 is 0 Å². The Morgan fingerprint density at radius 2 is 1.87 bits per heavy atom. The van der Waals surface area contributed by atoms with Crippen LogP contribution in [0.1, 0.15) is 31.2 Å². The van der Waals surface area contributed by atoms with Gasteiger partial charge in [-0.2, -0.15) is 18.2 Å². The molecule has 0 aromatic carbocycles. The van der Waals surface area contributed by atoms with Gasteiger partial charge in [-0.15, -0.1) is 0 Å². The van der Waals surface area contributed by atoms with Crippen LogP contribution in [-0.2, 0) is 11.0 Å². The van der Waals surface area contributed by atoms with E-state index in [2.05, 4.69) is 35.9 Å². The number of hydrogen-bond acceptors (Lipinski definition) is 8. The first-order chi connectivity index (χ1) is 14.1. The first-order valence-corrected chi connectivity index (χ1v) is 9.46. The van der Waals surface area contributed by atoms with Crippen LogP contribution in [-0.4, -0.2) is 51.0 Å². The van der Waals surface area contributed by atoms with Gasteiger partial charge in [0.25, 0.3) is 0 Å². The average Bonchev–Trinajstić information content (AvgIpc) is 2.65. The van der Waals surface area contributed by atoms with Crippen LogP contribution in [0.5, 0.6) is 0 Å². The van der Waals surface area contributed by atoms with E-state index in [1.54, 1.807) is 25.8 Å². The van der Waals surface area contributed by atoms with E-state index in [0.29, 0.717) is 36.0 Å². The number of anilines is 4. The summed E-state index contributed by atoms with van der Waals surface area (Å²) in [4.78, 5) is 29.9. The summed E-state index contributed by atoms with van der Waals surface area (Å²) >= 11 is 0. The third-order valence-corrected chi connectivity index (χ3v) is 5.39. The van der Waals surface area contributed by atoms with Crippen molar-refractivity contribution >= 4 is 29.2 Å². The highest BCUT2D eigenvalue weighted by Crippen LogP contribution is 2.34. The highest BCUT2D eigenvalue weighted by atomic mass is 19.4. The molecule has 0 spiro atoms. The number of hydrogen-bond donors (Lipinski definition) is 3. The molecule has 0 unspecified atom stereocenters. The first-order valence-electron chi connectivity index (χ1n) is 9.46. The van der Waals surface area contributed by atoms with Crippen molar-refractivity contribution < 1.29 is 18.0 Å². The quantitative estimate of drug-likeness (QED) is 0.690. The molecule has 1 fully saturated rings. The highest BCUT2D eigenvalue weighted by molar-refractivity contribution is 6.03. The predicted molar refractivity (Wildman–Crippen MR) is 104 cm³/mol. The molecule has 3 N–H and O–H groups in total. The molecule has 2 aromatic heterocycles. The molecule has 0 radical (unpaired) electrons. The fourth-order valence-electron chi connectivity index (χ4n) is 3.45. The number of alkyl halides is 3. The van der Waals surface area contributed by atoms with Crippen molar-refractivity contribution in [3.63, 3.8) is 0 Å². The molecule has 0 bridgehead atoms. The summed E-state index contributed by atoms with van der Waals surface area (Å²) in [5.74, 6) is 1.13. The lowest BCUT2D eigenvalue weighted by atomic mass is 9.87. The van der Waals surface area contributed by atoms with Gasteiger partial charge in [-0.3, -0.25) is 4.79 Å². The number of aryl methyl sites for hydroxylation is 1. The van der Waals surface area contributed by atoms with Crippen molar-refractivity contribution in [1.29, 1.82) is 0 Å². The Bertz CT molecular complexity index is 976. The summed E-state index contributed by atoms with van der Waals surface area (Å²) in [5, 5.41) is 9.08. The number of amides is 1. The molecule has 2 aliphatic rings. The number of aromatic nitrogens is 4. The van der Waals surface area contributed by atoms with Crippen LogP contribution in [0, 0.1) is 6.92 Å². The third kappa shape index (κ3) is 3.81. The number of rotatable bonds is 4. The van der Waals surface area contributed by atoms with E-state index in [1.807, 2.05) is 0 Å². The summed E-state index contributed by atoms with van der Waals surface area (Å²) in [7, 11) is 1.80. The van der Waals surface area contributed by atoms with E-state index in [4.69, 9.17) is 0 Å². The van der Waals surface area contributed by atoms with E-state index in [0.717, 1.165) is 12.4 Å². The maximum Gasteiger partial charge on any atom is 0.433 e. The second-order valence-corrected chi connectivity index (χ2v) is 7.55. The molecule has 12 heteroatoms. The second-order valence-electron chi connectivity index (χ2n) is 7.55. The molecule has 1 aliphatic carbocycles. The number of likely N-dealkylation sites (N-methyl/N-ethyl adjacent to an activating group) is 1. The van der Waals surface area contributed by atoms with Crippen LogP contribution in [0.25, 0.3) is 0 Å². The van der Waals surface area contributed by atoms with Crippen molar-refractivity contribution in [3.05, 3.63) is 23.8 Å². The lowest BCUT2D eigenvalue weighted by Gasteiger charge is -2.37. The minimum Gasteiger partial charge on any atom is -0.367 e. The minimum absolute atomic E-state index is 0.0146. The van der Waals surface area contributed by atoms with Crippen molar-refractivity contribution in [2.45, 2.75) is 51.0 Å². The van der Waals surface area contributed by atoms with Gasteiger partial charge in [0.1, 0.15) is 29.6 Å². The summed E-state index contributed by atoms with van der Waals surface area (Å²) < 4.78 is 38.3. The van der Waals surface area contributed by atoms with E-state index in [1.165, 1.54) is 0 Å². The number of nitrogens with one attached hydrogen (secondary N) is 3. The fourth-order valence-corrected chi connectivity index (χ4v) is 3.45. The van der Waals surface area contributed by atoms with Crippen molar-refractivity contribution in [2.24, 2.45) is 0 Å². The molecule has 9 nitrogen and oxygen atoms in total. The average molecular weight is 422 g/mol. The van der Waals surface area contributed by atoms with Crippen molar-refractivity contribution in [1.82, 2.24) is 19.9 Å². The summed E-state index contributed by atoms with van der Waals surface area (Å²) in [6.07, 6.45) is -2.25. The number of fused-ring (bicyclic) bond motifs is 1. The van der Waals surface area contributed by atoms with Crippen LogP contribution in [0.3, 0.4) is 0 Å². The maximum absolute atomic E-state index is 12.8. The van der Waals surface area contributed by atoms with E-state index < -0.39 is 11.9 Å². The largest absolute Gasteiger partial charge is 0.433 e. The van der Waals surface area contributed by atoms with Crippen LogP contribution < -0.4 is 20.9 Å². The Morgan fingerprint density at radius 3 is 2.57 bits per heavy atom. The number of carbonyl (C=O) groups excluding carboxylic acids is 1. The van der Waals surface area contributed by atoms with Gasteiger partial charge in [0, 0.05) is 25.2 Å². The number of carbonyl (C=O) groups is 1. The van der Waals surface area contributed by atoms with Gasteiger partial charge in [0.05, 0.1) is 5.69 Å². The number of nitrogens with zero attached hydrogens (tertiary/aromatic N) is 5. The van der Waals surface area contributed by atoms with Gasteiger partial charge in [-0.05, 0) is 26.7 Å². The van der Waals surface area contributed by atoms with Crippen LogP contribution in [0.15, 0.2) is 12.4 Å². The van der Waals surface area contributed by atoms with Gasteiger partial charge < -0.3 is 20.9 Å². The predicted octanol–water partition coefficient (Wildman–Crippen LogP) is 2.43. The molecule has 1 atom stereocenters. The lowest BCUT2D eigenvalue weighted by molar-refractivity contribution is -0.141. The molecule has 1 saturated carbocycles. The highest BCUT2D eigenvalue weighted by Gasteiger charge is 2.35. The molecule has 2 aromatic rings. The Hall–Kier alpha value is -3.18. The van der Waals surface area contributed by atoms with E-state index in [9.17, 15) is 18.0 Å². The fraction of sp³-hybridized carbons (Fsp3) is 0.500. The van der Waals surface area contributed by atoms with E-state index in [-0.39, 0.29) is 29.9 Å².